The van der Waals surface area contributed by atoms with Crippen LogP contribution < -0.4 is 16.6 Å². The van der Waals surface area contributed by atoms with Crippen LogP contribution in [0.25, 0.3) is 0 Å². The van der Waals surface area contributed by atoms with Crippen LogP contribution in [0.1, 0.15) is 26.7 Å². The standard InChI is InChI=1S/C11H25N5/c1-9(2)8-14-11(15-12)13-6-7-16(3)10-4-5-10/h9-10H,4-8,12H2,1-3H3,(H2,13,14,15). The molecule has 0 atom stereocenters. The van der Waals surface area contributed by atoms with Crippen molar-refractivity contribution in [3.8, 4) is 0 Å². The Morgan fingerprint density at radius 1 is 1.50 bits per heavy atom. The summed E-state index contributed by atoms with van der Waals surface area (Å²) < 4.78 is 0. The molecule has 1 saturated carbocycles. The maximum Gasteiger partial charge on any atom is 0.205 e. The van der Waals surface area contributed by atoms with Gasteiger partial charge in [-0.15, -0.1) is 0 Å². The molecule has 0 unspecified atom stereocenters. The number of nitrogens with two attached hydrogens (primary N) is 1. The fourth-order valence-electron chi connectivity index (χ4n) is 1.47. The molecule has 0 saturated heterocycles. The number of nitrogens with one attached hydrogen (secondary N) is 2. The summed E-state index contributed by atoms with van der Waals surface area (Å²) in [6, 6.07) is 0.809. The Hall–Kier alpha value is -0.810. The van der Waals surface area contributed by atoms with Crippen molar-refractivity contribution in [1.29, 1.82) is 0 Å². The van der Waals surface area contributed by atoms with Gasteiger partial charge < -0.3 is 10.2 Å². The highest BCUT2D eigenvalue weighted by atomic mass is 15.3. The SMILES string of the molecule is CC(C)CN=C(NN)NCCN(C)C1CC1. The zero-order valence-corrected chi connectivity index (χ0v) is 10.7. The molecule has 0 amide bonds. The summed E-state index contributed by atoms with van der Waals surface area (Å²) in [6.45, 7) is 6.99. The fourth-order valence-corrected chi connectivity index (χ4v) is 1.47. The first-order chi connectivity index (χ1) is 7.63. The van der Waals surface area contributed by atoms with E-state index in [0.717, 1.165) is 25.7 Å². The first-order valence-electron chi connectivity index (χ1n) is 6.08. The molecule has 0 aromatic rings. The molecule has 4 N–H and O–H groups in total. The van der Waals surface area contributed by atoms with Crippen LogP contribution >= 0.6 is 0 Å². The number of guanidine groups is 1. The van der Waals surface area contributed by atoms with Gasteiger partial charge in [0.05, 0.1) is 0 Å². The summed E-state index contributed by atoms with van der Waals surface area (Å²) in [6.07, 6.45) is 2.69. The van der Waals surface area contributed by atoms with E-state index >= 15 is 0 Å². The predicted octanol–water partition coefficient (Wildman–Crippen LogP) is 0.146. The Balaban J connectivity index is 2.14. The van der Waals surface area contributed by atoms with Crippen molar-refractivity contribution in [3.05, 3.63) is 0 Å². The van der Waals surface area contributed by atoms with Crippen LogP contribution in [0.4, 0.5) is 0 Å². The lowest BCUT2D eigenvalue weighted by atomic mass is 10.2. The molecule has 0 aliphatic heterocycles. The first kappa shape index (κ1) is 13.3. The van der Waals surface area contributed by atoms with Crippen molar-refractivity contribution in [2.24, 2.45) is 16.8 Å². The Labute approximate surface area is 98.4 Å². The Morgan fingerprint density at radius 3 is 2.69 bits per heavy atom. The van der Waals surface area contributed by atoms with Crippen LogP contribution in [0.15, 0.2) is 4.99 Å². The number of hydrogen-bond acceptors (Lipinski definition) is 3. The summed E-state index contributed by atoms with van der Waals surface area (Å²) in [5, 5.41) is 3.21. The summed E-state index contributed by atoms with van der Waals surface area (Å²) in [5.74, 6) is 6.64. The minimum atomic E-state index is 0.555. The van der Waals surface area contributed by atoms with Crippen LogP contribution in [-0.2, 0) is 0 Å². The third-order valence-corrected chi connectivity index (χ3v) is 2.68. The van der Waals surface area contributed by atoms with Crippen LogP contribution in [0.3, 0.4) is 0 Å². The Bertz CT molecular complexity index is 222. The minimum Gasteiger partial charge on any atom is -0.354 e. The maximum absolute atomic E-state index is 5.39. The first-order valence-corrected chi connectivity index (χ1v) is 6.08. The lowest BCUT2D eigenvalue weighted by Gasteiger charge is -2.17. The molecular weight excluding hydrogens is 202 g/mol. The van der Waals surface area contributed by atoms with Gasteiger partial charge >= 0.3 is 0 Å². The molecule has 0 heterocycles. The second-order valence-electron chi connectivity index (χ2n) is 4.87. The maximum atomic E-state index is 5.39. The summed E-state index contributed by atoms with van der Waals surface area (Å²) in [4.78, 5) is 6.73. The van der Waals surface area contributed by atoms with Crippen molar-refractivity contribution >= 4 is 5.96 Å². The van der Waals surface area contributed by atoms with Crippen LogP contribution in [0, 0.1) is 5.92 Å². The van der Waals surface area contributed by atoms with Gasteiger partial charge in [0.15, 0.2) is 0 Å². The number of likely N-dealkylation sites (N-methyl/N-ethyl adjacent to an activating group) is 1. The normalized spacial score (nSPS) is 17.0. The lowest BCUT2D eigenvalue weighted by molar-refractivity contribution is 0.328. The van der Waals surface area contributed by atoms with Gasteiger partial charge in [-0.25, -0.2) is 5.84 Å². The molecule has 0 spiro atoms. The second-order valence-corrected chi connectivity index (χ2v) is 4.87. The van der Waals surface area contributed by atoms with Crippen molar-refractivity contribution in [3.63, 3.8) is 0 Å². The Kier molecular flexibility index (Phi) is 5.55. The molecule has 1 aliphatic rings. The molecule has 5 heteroatoms. The third kappa shape index (κ3) is 5.32. The van der Waals surface area contributed by atoms with E-state index in [-0.39, 0.29) is 0 Å². The van der Waals surface area contributed by atoms with E-state index in [0.29, 0.717) is 11.9 Å². The molecule has 0 bridgehead atoms. The minimum absolute atomic E-state index is 0.555. The smallest absolute Gasteiger partial charge is 0.205 e. The van der Waals surface area contributed by atoms with Crippen molar-refractivity contribution < 1.29 is 0 Å². The van der Waals surface area contributed by atoms with Crippen molar-refractivity contribution in [2.45, 2.75) is 32.7 Å². The zero-order valence-electron chi connectivity index (χ0n) is 10.7. The van der Waals surface area contributed by atoms with Gasteiger partial charge in [-0.05, 0) is 25.8 Å². The highest BCUT2D eigenvalue weighted by Crippen LogP contribution is 2.24. The van der Waals surface area contributed by atoms with Crippen LogP contribution in [0.2, 0.25) is 0 Å². The molecule has 1 rings (SSSR count). The molecule has 0 aromatic carbocycles. The average Bonchev–Trinajstić information content (AvgIpc) is 3.06. The van der Waals surface area contributed by atoms with Crippen molar-refractivity contribution in [2.75, 3.05) is 26.7 Å². The van der Waals surface area contributed by atoms with Gasteiger partial charge in [0.25, 0.3) is 0 Å². The van der Waals surface area contributed by atoms with Gasteiger partial charge in [-0.3, -0.25) is 10.4 Å². The summed E-state index contributed by atoms with van der Waals surface area (Å²) in [7, 11) is 2.17. The zero-order chi connectivity index (χ0) is 12.0. The molecule has 1 aliphatic carbocycles. The van der Waals surface area contributed by atoms with E-state index in [2.05, 4.69) is 41.5 Å². The van der Waals surface area contributed by atoms with E-state index in [9.17, 15) is 0 Å². The molecule has 1 fully saturated rings. The highest BCUT2D eigenvalue weighted by Gasteiger charge is 2.25. The van der Waals surface area contributed by atoms with Gasteiger partial charge in [-0.1, -0.05) is 13.8 Å². The van der Waals surface area contributed by atoms with Crippen LogP contribution in [0.5, 0.6) is 0 Å². The molecule has 5 nitrogen and oxygen atoms in total. The van der Waals surface area contributed by atoms with E-state index in [4.69, 9.17) is 5.84 Å². The fraction of sp³-hybridized carbons (Fsp3) is 0.909. The van der Waals surface area contributed by atoms with Gasteiger partial charge in [0.1, 0.15) is 0 Å². The van der Waals surface area contributed by atoms with Crippen molar-refractivity contribution in [1.82, 2.24) is 15.6 Å². The Morgan fingerprint density at radius 2 is 2.19 bits per heavy atom. The average molecular weight is 227 g/mol. The van der Waals surface area contributed by atoms with E-state index < -0.39 is 0 Å². The van der Waals surface area contributed by atoms with E-state index in [1.807, 2.05) is 0 Å². The third-order valence-electron chi connectivity index (χ3n) is 2.68. The number of hydrazine groups is 1. The topological polar surface area (TPSA) is 65.7 Å². The molecule has 0 radical (unpaired) electrons. The predicted molar refractivity (Wildman–Crippen MR) is 68.1 cm³/mol. The number of nitrogens with zero attached hydrogens (tertiary/aromatic N) is 2. The van der Waals surface area contributed by atoms with E-state index in [1.54, 1.807) is 0 Å². The lowest BCUT2D eigenvalue weighted by Crippen LogP contribution is -2.44. The number of rotatable bonds is 6. The number of hydrogen-bond donors (Lipinski definition) is 3. The molecule has 16 heavy (non-hydrogen) atoms. The van der Waals surface area contributed by atoms with Gasteiger partial charge in [0, 0.05) is 25.7 Å². The molecule has 94 valence electrons. The molecule has 0 aromatic heterocycles. The molecular formula is C11H25N5. The monoisotopic (exact) mass is 227 g/mol. The summed E-state index contributed by atoms with van der Waals surface area (Å²) >= 11 is 0. The van der Waals surface area contributed by atoms with Gasteiger partial charge in [0.2, 0.25) is 5.96 Å². The second kappa shape index (κ2) is 6.70. The largest absolute Gasteiger partial charge is 0.354 e. The quantitative estimate of drug-likeness (QED) is 0.261. The van der Waals surface area contributed by atoms with E-state index in [1.165, 1.54) is 12.8 Å². The summed E-state index contributed by atoms with van der Waals surface area (Å²) in [5.41, 5.74) is 2.60. The highest BCUT2D eigenvalue weighted by molar-refractivity contribution is 5.79. The number of aliphatic imine (C=N–C) groups is 1. The van der Waals surface area contributed by atoms with Crippen LogP contribution in [-0.4, -0.2) is 43.6 Å². The van der Waals surface area contributed by atoms with Gasteiger partial charge in [-0.2, -0.15) is 0 Å².